The number of aryl methyl sites for hydroxylation is 1. The van der Waals surface area contributed by atoms with Crippen molar-refractivity contribution in [1.29, 1.82) is 0 Å². The molecule has 0 saturated carbocycles. The number of hydrogen-bond acceptors (Lipinski definition) is 4. The lowest BCUT2D eigenvalue weighted by Gasteiger charge is -2.05. The molecule has 0 bridgehead atoms. The summed E-state index contributed by atoms with van der Waals surface area (Å²) in [5, 5.41) is 9.96. The van der Waals surface area contributed by atoms with Gasteiger partial charge in [-0.05, 0) is 67.4 Å². The van der Waals surface area contributed by atoms with Gasteiger partial charge in [-0.2, -0.15) is 5.10 Å². The minimum atomic E-state index is 0.0934. The standard InChI is InChI=1S/C27H20N4OS/c1-15-10-11-28-14-21(15)17-6-7-23-20(12-17)27(31-30-23)24-13-19-18(4-3-5-22(19)29-24)26-9-8-25(33-26)16(2)32/h3-14,29H,1-2H3,(H,30,31). The Morgan fingerprint density at radius 3 is 2.67 bits per heavy atom. The van der Waals surface area contributed by atoms with Gasteiger partial charge in [0.25, 0.3) is 0 Å². The number of H-pyrrole nitrogens is 2. The molecule has 6 rings (SSSR count). The predicted octanol–water partition coefficient (Wildman–Crippen LogP) is 7.01. The molecule has 4 aromatic heterocycles. The van der Waals surface area contributed by atoms with Crippen LogP contribution >= 0.6 is 11.3 Å². The number of benzene rings is 2. The molecule has 0 fully saturated rings. The molecule has 0 unspecified atom stereocenters. The lowest BCUT2D eigenvalue weighted by molar-refractivity contribution is 0.102. The topological polar surface area (TPSA) is 74.4 Å². The van der Waals surface area contributed by atoms with E-state index in [1.165, 1.54) is 16.9 Å². The number of carbonyl (C=O) groups is 1. The number of fused-ring (bicyclic) bond motifs is 2. The Balaban J connectivity index is 1.49. The van der Waals surface area contributed by atoms with Crippen molar-refractivity contribution in [1.82, 2.24) is 20.2 Å². The minimum Gasteiger partial charge on any atom is -0.353 e. The fraction of sp³-hybridized carbons (Fsp3) is 0.0741. The van der Waals surface area contributed by atoms with Gasteiger partial charge in [0.2, 0.25) is 0 Å². The molecule has 0 amide bonds. The number of ketones is 1. The van der Waals surface area contributed by atoms with E-state index in [9.17, 15) is 4.79 Å². The molecule has 0 atom stereocenters. The molecule has 0 aliphatic rings. The van der Waals surface area contributed by atoms with Crippen molar-refractivity contribution >= 4 is 38.9 Å². The number of rotatable bonds is 4. The van der Waals surface area contributed by atoms with E-state index in [-0.39, 0.29) is 5.78 Å². The van der Waals surface area contributed by atoms with Crippen LogP contribution in [-0.4, -0.2) is 25.9 Å². The first kappa shape index (κ1) is 19.6. The van der Waals surface area contributed by atoms with E-state index in [0.717, 1.165) is 59.6 Å². The highest BCUT2D eigenvalue weighted by Gasteiger charge is 2.16. The second kappa shape index (κ2) is 7.53. The highest BCUT2D eigenvalue weighted by molar-refractivity contribution is 7.17. The normalized spacial score (nSPS) is 11.5. The molecule has 0 radical (unpaired) electrons. The molecule has 2 aromatic carbocycles. The minimum absolute atomic E-state index is 0.0934. The number of Topliss-reactive ketones (excluding diaryl/α,β-unsaturated/α-hetero) is 1. The van der Waals surface area contributed by atoms with Crippen LogP contribution < -0.4 is 0 Å². The molecule has 6 aromatic rings. The first-order chi connectivity index (χ1) is 16.1. The van der Waals surface area contributed by atoms with Gasteiger partial charge in [0.1, 0.15) is 5.69 Å². The van der Waals surface area contributed by atoms with E-state index in [4.69, 9.17) is 0 Å². The van der Waals surface area contributed by atoms with Crippen LogP contribution in [0.5, 0.6) is 0 Å². The molecule has 5 nitrogen and oxygen atoms in total. The zero-order chi connectivity index (χ0) is 22.5. The van der Waals surface area contributed by atoms with E-state index >= 15 is 0 Å². The maximum absolute atomic E-state index is 11.8. The van der Waals surface area contributed by atoms with Crippen LogP contribution in [-0.2, 0) is 0 Å². The molecule has 160 valence electrons. The monoisotopic (exact) mass is 448 g/mol. The van der Waals surface area contributed by atoms with E-state index < -0.39 is 0 Å². The largest absolute Gasteiger partial charge is 0.353 e. The van der Waals surface area contributed by atoms with Gasteiger partial charge < -0.3 is 4.98 Å². The first-order valence-corrected chi connectivity index (χ1v) is 11.5. The Morgan fingerprint density at radius 2 is 1.85 bits per heavy atom. The molecule has 33 heavy (non-hydrogen) atoms. The van der Waals surface area contributed by atoms with Gasteiger partial charge >= 0.3 is 0 Å². The van der Waals surface area contributed by atoms with Crippen molar-refractivity contribution in [2.45, 2.75) is 13.8 Å². The summed E-state index contributed by atoms with van der Waals surface area (Å²) in [6.45, 7) is 3.70. The van der Waals surface area contributed by atoms with Gasteiger partial charge in [0, 0.05) is 44.7 Å². The third kappa shape index (κ3) is 3.27. The van der Waals surface area contributed by atoms with E-state index in [1.807, 2.05) is 36.7 Å². The molecule has 4 heterocycles. The Bertz CT molecular complexity index is 1670. The zero-order valence-corrected chi connectivity index (χ0v) is 19.0. The molecular weight excluding hydrogens is 428 g/mol. The van der Waals surface area contributed by atoms with Gasteiger partial charge in [-0.15, -0.1) is 11.3 Å². The van der Waals surface area contributed by atoms with Crippen LogP contribution in [0.1, 0.15) is 22.2 Å². The van der Waals surface area contributed by atoms with Gasteiger partial charge in [-0.25, -0.2) is 0 Å². The molecule has 0 saturated heterocycles. The SMILES string of the molecule is CC(=O)c1ccc(-c2cccc3[nH]c(-c4n[nH]c5ccc(-c6cnccc6C)cc45)cc23)s1. The molecule has 0 spiro atoms. The van der Waals surface area contributed by atoms with Crippen molar-refractivity contribution in [3.8, 4) is 33.0 Å². The number of carbonyl (C=O) groups excluding carboxylic acids is 1. The fourth-order valence-corrected chi connectivity index (χ4v) is 5.26. The summed E-state index contributed by atoms with van der Waals surface area (Å²) in [5.74, 6) is 0.0934. The molecule has 0 aliphatic carbocycles. The number of nitrogens with zero attached hydrogens (tertiary/aromatic N) is 2. The molecule has 2 N–H and O–H groups in total. The zero-order valence-electron chi connectivity index (χ0n) is 18.1. The van der Waals surface area contributed by atoms with Crippen LogP contribution in [0.2, 0.25) is 0 Å². The molecule has 0 aliphatic heterocycles. The van der Waals surface area contributed by atoms with Gasteiger partial charge in [0.05, 0.1) is 16.1 Å². The van der Waals surface area contributed by atoms with Crippen LogP contribution in [0, 0.1) is 6.92 Å². The fourth-order valence-electron chi connectivity index (χ4n) is 4.32. The lowest BCUT2D eigenvalue weighted by atomic mass is 10.0. The van der Waals surface area contributed by atoms with Gasteiger partial charge in [-0.3, -0.25) is 14.9 Å². The Kier molecular flexibility index (Phi) is 4.48. The number of pyridine rings is 1. The summed E-state index contributed by atoms with van der Waals surface area (Å²) in [6.07, 6.45) is 3.72. The van der Waals surface area contributed by atoms with Crippen molar-refractivity contribution in [3.05, 3.63) is 83.5 Å². The van der Waals surface area contributed by atoms with Crippen LogP contribution in [0.15, 0.2) is 73.1 Å². The number of aromatic nitrogens is 4. The van der Waals surface area contributed by atoms with Crippen LogP contribution in [0.3, 0.4) is 0 Å². The Hall–Kier alpha value is -4.03. The van der Waals surface area contributed by atoms with Crippen LogP contribution in [0.4, 0.5) is 0 Å². The summed E-state index contributed by atoms with van der Waals surface area (Å²) in [7, 11) is 0. The third-order valence-electron chi connectivity index (χ3n) is 6.05. The smallest absolute Gasteiger partial charge is 0.169 e. The highest BCUT2D eigenvalue weighted by atomic mass is 32.1. The highest BCUT2D eigenvalue weighted by Crippen LogP contribution is 2.37. The number of thiophene rings is 1. The maximum atomic E-state index is 11.8. The predicted molar refractivity (Wildman–Crippen MR) is 135 cm³/mol. The van der Waals surface area contributed by atoms with E-state index in [2.05, 4.69) is 63.5 Å². The number of hydrogen-bond donors (Lipinski definition) is 2. The van der Waals surface area contributed by atoms with Crippen molar-refractivity contribution in [2.24, 2.45) is 0 Å². The van der Waals surface area contributed by atoms with Gasteiger partial charge in [0.15, 0.2) is 5.78 Å². The van der Waals surface area contributed by atoms with E-state index in [1.54, 1.807) is 6.92 Å². The summed E-state index contributed by atoms with van der Waals surface area (Å²) in [4.78, 5) is 21.5. The summed E-state index contributed by atoms with van der Waals surface area (Å²) in [5.41, 5.74) is 8.38. The summed E-state index contributed by atoms with van der Waals surface area (Å²) in [6, 6.07) is 20.6. The van der Waals surface area contributed by atoms with E-state index in [0.29, 0.717) is 0 Å². The molecule has 6 heteroatoms. The summed E-state index contributed by atoms with van der Waals surface area (Å²) >= 11 is 1.53. The second-order valence-corrected chi connectivity index (χ2v) is 9.28. The lowest BCUT2D eigenvalue weighted by Crippen LogP contribution is -1.85. The quantitative estimate of drug-likeness (QED) is 0.285. The summed E-state index contributed by atoms with van der Waals surface area (Å²) < 4.78 is 0. The number of nitrogens with one attached hydrogen (secondary N) is 2. The van der Waals surface area contributed by atoms with Crippen molar-refractivity contribution < 1.29 is 4.79 Å². The maximum Gasteiger partial charge on any atom is 0.169 e. The van der Waals surface area contributed by atoms with Crippen molar-refractivity contribution in [2.75, 3.05) is 0 Å². The Morgan fingerprint density at radius 1 is 0.939 bits per heavy atom. The number of aromatic amines is 2. The Labute approximate surface area is 194 Å². The van der Waals surface area contributed by atoms with Crippen LogP contribution in [0.25, 0.3) is 54.8 Å². The van der Waals surface area contributed by atoms with Gasteiger partial charge in [-0.1, -0.05) is 18.2 Å². The average Bonchev–Trinajstić information content (AvgIpc) is 3.56. The third-order valence-corrected chi connectivity index (χ3v) is 7.27. The second-order valence-electron chi connectivity index (χ2n) is 8.19. The first-order valence-electron chi connectivity index (χ1n) is 10.7. The van der Waals surface area contributed by atoms with Crippen molar-refractivity contribution in [3.63, 3.8) is 0 Å². The average molecular weight is 449 g/mol. The molecular formula is C27H20N4OS.